The number of carbonyl (C=O) groups excluding carboxylic acids is 2. The minimum absolute atomic E-state index is 0.423. The molecule has 6 nitrogen and oxygen atoms in total. The normalized spacial score (nSPS) is 10.6. The van der Waals surface area contributed by atoms with E-state index in [0.29, 0.717) is 5.69 Å². The lowest BCUT2D eigenvalue weighted by molar-refractivity contribution is -0.136. The Kier molecular flexibility index (Phi) is 5.25. The number of halogens is 3. The summed E-state index contributed by atoms with van der Waals surface area (Å²) in [5.41, 5.74) is 3.04. The van der Waals surface area contributed by atoms with Crippen LogP contribution in [-0.4, -0.2) is 12.1 Å². The van der Waals surface area contributed by atoms with Crippen molar-refractivity contribution in [3.63, 3.8) is 0 Å². The van der Waals surface area contributed by atoms with Gasteiger partial charge >= 0.3 is 18.2 Å². The topological polar surface area (TPSA) is 82.3 Å². The predicted molar refractivity (Wildman–Crippen MR) is 82.2 cm³/mol. The molecule has 2 rings (SSSR count). The van der Waals surface area contributed by atoms with Crippen LogP contribution in [0.3, 0.4) is 0 Å². The lowest BCUT2D eigenvalue weighted by Crippen LogP contribution is -2.46. The smallest absolute Gasteiger partial charge is 0.307 e. The molecule has 0 spiro atoms. The molecule has 4 N–H and O–H groups in total. The molecule has 2 aromatic carbocycles. The Morgan fingerprint density at radius 3 is 1.92 bits per heavy atom. The van der Waals surface area contributed by atoms with Crippen LogP contribution in [0.15, 0.2) is 54.6 Å². The van der Waals surface area contributed by atoms with Crippen LogP contribution in [-0.2, 0) is 6.18 Å². The van der Waals surface area contributed by atoms with E-state index in [2.05, 4.69) is 5.32 Å². The molecule has 0 aliphatic heterocycles. The van der Waals surface area contributed by atoms with Crippen LogP contribution in [0.1, 0.15) is 5.56 Å². The van der Waals surface area contributed by atoms with Gasteiger partial charge in [-0.1, -0.05) is 30.3 Å². The molecule has 4 amide bonds. The first kappa shape index (κ1) is 17.1. The van der Waals surface area contributed by atoms with Gasteiger partial charge in [-0.25, -0.2) is 20.4 Å². The maximum atomic E-state index is 12.8. The van der Waals surface area contributed by atoms with E-state index in [1.165, 1.54) is 12.1 Å². The van der Waals surface area contributed by atoms with E-state index in [1.807, 2.05) is 16.2 Å². The first-order chi connectivity index (χ1) is 11.4. The number of benzene rings is 2. The van der Waals surface area contributed by atoms with E-state index in [4.69, 9.17) is 0 Å². The maximum Gasteiger partial charge on any atom is 0.418 e. The molecule has 0 aliphatic rings. The van der Waals surface area contributed by atoms with Gasteiger partial charge in [-0.2, -0.15) is 13.2 Å². The lowest BCUT2D eigenvalue weighted by Gasteiger charge is -2.14. The zero-order valence-electron chi connectivity index (χ0n) is 12.1. The maximum absolute atomic E-state index is 12.8. The molecule has 0 fully saturated rings. The molecule has 126 valence electrons. The standard InChI is InChI=1S/C15H13F3N4O2/c16-15(17,18)11-8-4-5-9-12(11)20-14(24)22-21-13(23)19-10-6-2-1-3-7-10/h1-9H,(H2,19,21,23)(H2,20,22,24). The highest BCUT2D eigenvalue weighted by atomic mass is 19.4. The van der Waals surface area contributed by atoms with Gasteiger partial charge in [-0.05, 0) is 24.3 Å². The minimum atomic E-state index is -4.61. The number of anilines is 2. The second-order valence-corrected chi connectivity index (χ2v) is 4.57. The fourth-order valence-electron chi connectivity index (χ4n) is 1.79. The van der Waals surface area contributed by atoms with E-state index in [9.17, 15) is 22.8 Å². The summed E-state index contributed by atoms with van der Waals surface area (Å²) in [4.78, 5) is 23.2. The molecule has 0 atom stereocenters. The largest absolute Gasteiger partial charge is 0.418 e. The number of alkyl halides is 3. The number of rotatable bonds is 2. The highest BCUT2D eigenvalue weighted by Gasteiger charge is 2.33. The van der Waals surface area contributed by atoms with E-state index in [0.717, 1.165) is 12.1 Å². The zero-order valence-corrected chi connectivity index (χ0v) is 12.1. The van der Waals surface area contributed by atoms with Gasteiger partial charge in [0.1, 0.15) is 0 Å². The summed E-state index contributed by atoms with van der Waals surface area (Å²) in [6.07, 6.45) is -4.61. The Balaban J connectivity index is 1.89. The highest BCUT2D eigenvalue weighted by Crippen LogP contribution is 2.34. The molecule has 24 heavy (non-hydrogen) atoms. The van der Waals surface area contributed by atoms with Crippen LogP contribution in [0, 0.1) is 0 Å². The molecule has 2 aromatic rings. The molecule has 0 unspecified atom stereocenters. The summed E-state index contributed by atoms with van der Waals surface area (Å²) in [5, 5.41) is 4.45. The van der Waals surface area contributed by atoms with Gasteiger partial charge in [0, 0.05) is 5.69 Å². The molecular weight excluding hydrogens is 325 g/mol. The Morgan fingerprint density at radius 1 is 0.750 bits per heavy atom. The van der Waals surface area contributed by atoms with Crippen molar-refractivity contribution in [3.8, 4) is 0 Å². The van der Waals surface area contributed by atoms with Crippen LogP contribution in [0.4, 0.5) is 34.1 Å². The third-order valence-corrected chi connectivity index (χ3v) is 2.80. The summed E-state index contributed by atoms with van der Waals surface area (Å²) in [6, 6.07) is 11.1. The summed E-state index contributed by atoms with van der Waals surface area (Å²) >= 11 is 0. The van der Waals surface area contributed by atoms with Gasteiger partial charge in [-0.3, -0.25) is 0 Å². The SMILES string of the molecule is O=C(NNC(=O)Nc1ccccc1C(F)(F)F)Nc1ccccc1. The van der Waals surface area contributed by atoms with Crippen molar-refractivity contribution in [1.82, 2.24) is 10.9 Å². The van der Waals surface area contributed by atoms with Crippen molar-refractivity contribution in [2.24, 2.45) is 0 Å². The van der Waals surface area contributed by atoms with Crippen LogP contribution in [0.2, 0.25) is 0 Å². The molecule has 0 heterocycles. The first-order valence-electron chi connectivity index (χ1n) is 6.71. The second kappa shape index (κ2) is 7.36. The zero-order chi connectivity index (χ0) is 17.6. The number of urea groups is 2. The van der Waals surface area contributed by atoms with E-state index in [-0.39, 0.29) is 0 Å². The minimum Gasteiger partial charge on any atom is -0.307 e. The fourth-order valence-corrected chi connectivity index (χ4v) is 1.79. The van der Waals surface area contributed by atoms with Crippen LogP contribution < -0.4 is 21.5 Å². The van der Waals surface area contributed by atoms with Gasteiger partial charge in [0.2, 0.25) is 0 Å². The number of nitrogens with one attached hydrogen (secondary N) is 4. The van der Waals surface area contributed by atoms with E-state index in [1.54, 1.807) is 30.3 Å². The van der Waals surface area contributed by atoms with Crippen molar-refractivity contribution in [2.75, 3.05) is 10.6 Å². The van der Waals surface area contributed by atoms with Crippen molar-refractivity contribution in [3.05, 3.63) is 60.2 Å². The van der Waals surface area contributed by atoms with Gasteiger partial charge in [0.25, 0.3) is 0 Å². The van der Waals surface area contributed by atoms with Crippen molar-refractivity contribution >= 4 is 23.4 Å². The average Bonchev–Trinajstić information content (AvgIpc) is 2.53. The molecule has 0 bridgehead atoms. The molecule has 0 aromatic heterocycles. The van der Waals surface area contributed by atoms with Crippen molar-refractivity contribution < 1.29 is 22.8 Å². The highest BCUT2D eigenvalue weighted by molar-refractivity contribution is 5.94. The lowest BCUT2D eigenvalue weighted by atomic mass is 10.1. The number of para-hydroxylation sites is 2. The quantitative estimate of drug-likeness (QED) is 0.632. The molecule has 9 heteroatoms. The Hall–Kier alpha value is -3.23. The number of carbonyl (C=O) groups is 2. The average molecular weight is 338 g/mol. The number of hydrazine groups is 1. The Bertz CT molecular complexity index is 720. The van der Waals surface area contributed by atoms with Crippen LogP contribution >= 0.6 is 0 Å². The molecule has 0 saturated carbocycles. The van der Waals surface area contributed by atoms with Crippen molar-refractivity contribution in [1.29, 1.82) is 0 Å². The third kappa shape index (κ3) is 4.90. The Labute approximate surface area is 135 Å². The molecular formula is C15H13F3N4O2. The van der Waals surface area contributed by atoms with Crippen LogP contribution in [0.5, 0.6) is 0 Å². The van der Waals surface area contributed by atoms with E-state index >= 15 is 0 Å². The van der Waals surface area contributed by atoms with Crippen molar-refractivity contribution in [2.45, 2.75) is 6.18 Å². The molecule has 0 saturated heterocycles. The van der Waals surface area contributed by atoms with Gasteiger partial charge in [-0.15, -0.1) is 0 Å². The fraction of sp³-hybridized carbons (Fsp3) is 0.0667. The Morgan fingerprint density at radius 2 is 1.29 bits per heavy atom. The summed E-state index contributed by atoms with van der Waals surface area (Å²) in [6.45, 7) is 0. The van der Waals surface area contributed by atoms with Gasteiger partial charge in [0.05, 0.1) is 11.3 Å². The monoisotopic (exact) mass is 338 g/mol. The predicted octanol–water partition coefficient (Wildman–Crippen LogP) is 3.56. The first-order valence-corrected chi connectivity index (χ1v) is 6.71. The van der Waals surface area contributed by atoms with Crippen LogP contribution in [0.25, 0.3) is 0 Å². The third-order valence-electron chi connectivity index (χ3n) is 2.80. The second-order valence-electron chi connectivity index (χ2n) is 4.57. The summed E-state index contributed by atoms with van der Waals surface area (Å²) in [5.74, 6) is 0. The molecule has 0 aliphatic carbocycles. The number of hydrogen-bond acceptors (Lipinski definition) is 2. The summed E-state index contributed by atoms with van der Waals surface area (Å²) < 4.78 is 38.4. The number of amides is 4. The summed E-state index contributed by atoms with van der Waals surface area (Å²) in [7, 11) is 0. The van der Waals surface area contributed by atoms with Gasteiger partial charge < -0.3 is 10.6 Å². The number of hydrogen-bond donors (Lipinski definition) is 4. The van der Waals surface area contributed by atoms with Gasteiger partial charge in [0.15, 0.2) is 0 Å². The van der Waals surface area contributed by atoms with E-state index < -0.39 is 29.5 Å². The molecule has 0 radical (unpaired) electrons.